The lowest BCUT2D eigenvalue weighted by Crippen LogP contribution is -2.39. The Labute approximate surface area is 76.3 Å². The Morgan fingerprint density at radius 1 is 1.38 bits per heavy atom. The van der Waals surface area contributed by atoms with Crippen LogP contribution >= 0.6 is 0 Å². The predicted octanol–water partition coefficient (Wildman–Crippen LogP) is -1.16. The molecule has 0 spiro atoms. The third-order valence-electron chi connectivity index (χ3n) is 1.25. The molecule has 0 heterocycles. The first-order valence-corrected chi connectivity index (χ1v) is 3.80. The van der Waals surface area contributed by atoms with Gasteiger partial charge in [0.15, 0.2) is 0 Å². The molecule has 6 nitrogen and oxygen atoms in total. The van der Waals surface area contributed by atoms with Gasteiger partial charge in [0, 0.05) is 20.0 Å². The highest BCUT2D eigenvalue weighted by Crippen LogP contribution is 1.79. The van der Waals surface area contributed by atoms with E-state index in [0.717, 1.165) is 0 Å². The van der Waals surface area contributed by atoms with E-state index < -0.39 is 12.2 Å². The average molecular weight is 190 g/mol. The smallest absolute Gasteiger partial charge is 0.406 e. The SMILES string of the molecule is COC(=O)NCC(O)CNC(C)=O. The van der Waals surface area contributed by atoms with Crippen LogP contribution in [0.4, 0.5) is 4.79 Å². The third-order valence-corrected chi connectivity index (χ3v) is 1.25. The summed E-state index contributed by atoms with van der Waals surface area (Å²) >= 11 is 0. The highest BCUT2D eigenvalue weighted by atomic mass is 16.5. The minimum Gasteiger partial charge on any atom is -0.453 e. The van der Waals surface area contributed by atoms with Crippen molar-refractivity contribution in [3.8, 4) is 0 Å². The van der Waals surface area contributed by atoms with Crippen LogP contribution in [-0.4, -0.2) is 43.4 Å². The highest BCUT2D eigenvalue weighted by Gasteiger charge is 2.06. The van der Waals surface area contributed by atoms with Gasteiger partial charge in [-0.2, -0.15) is 0 Å². The van der Waals surface area contributed by atoms with Crippen LogP contribution < -0.4 is 10.6 Å². The van der Waals surface area contributed by atoms with Crippen LogP contribution in [0.2, 0.25) is 0 Å². The number of aliphatic hydroxyl groups excluding tert-OH is 1. The van der Waals surface area contributed by atoms with Gasteiger partial charge >= 0.3 is 6.09 Å². The molecule has 6 heteroatoms. The molecule has 0 aliphatic carbocycles. The van der Waals surface area contributed by atoms with E-state index in [4.69, 9.17) is 5.11 Å². The number of alkyl carbamates (subject to hydrolysis) is 1. The molecule has 0 aromatic carbocycles. The average Bonchev–Trinajstić information content (AvgIpc) is 2.10. The topological polar surface area (TPSA) is 87.7 Å². The normalized spacial score (nSPS) is 11.6. The van der Waals surface area contributed by atoms with Crippen molar-refractivity contribution in [1.82, 2.24) is 10.6 Å². The molecule has 0 saturated carbocycles. The highest BCUT2D eigenvalue weighted by molar-refractivity contribution is 5.72. The first-order valence-electron chi connectivity index (χ1n) is 3.80. The zero-order valence-corrected chi connectivity index (χ0v) is 7.66. The van der Waals surface area contributed by atoms with Gasteiger partial charge in [0.2, 0.25) is 5.91 Å². The summed E-state index contributed by atoms with van der Waals surface area (Å²) in [7, 11) is 1.23. The standard InChI is InChI=1S/C7H14N2O4/c1-5(10)8-3-6(11)4-9-7(12)13-2/h6,11H,3-4H2,1-2H3,(H,8,10)(H,9,12). The Balaban J connectivity index is 3.45. The number of aliphatic hydroxyl groups is 1. The Kier molecular flexibility index (Phi) is 5.62. The molecule has 0 bridgehead atoms. The maximum Gasteiger partial charge on any atom is 0.406 e. The lowest BCUT2D eigenvalue weighted by Gasteiger charge is -2.10. The van der Waals surface area contributed by atoms with Gasteiger partial charge in [-0.3, -0.25) is 4.79 Å². The van der Waals surface area contributed by atoms with Crippen molar-refractivity contribution in [3.63, 3.8) is 0 Å². The first-order chi connectivity index (χ1) is 6.06. The summed E-state index contributed by atoms with van der Waals surface area (Å²) in [6, 6.07) is 0. The van der Waals surface area contributed by atoms with E-state index >= 15 is 0 Å². The van der Waals surface area contributed by atoms with Gasteiger partial charge in [0.05, 0.1) is 13.2 Å². The lowest BCUT2D eigenvalue weighted by atomic mass is 10.3. The van der Waals surface area contributed by atoms with E-state index in [-0.39, 0.29) is 19.0 Å². The molecular weight excluding hydrogens is 176 g/mol. The maximum atomic E-state index is 10.5. The number of carbonyl (C=O) groups is 2. The van der Waals surface area contributed by atoms with Gasteiger partial charge in [-0.1, -0.05) is 0 Å². The Morgan fingerprint density at radius 2 is 1.92 bits per heavy atom. The van der Waals surface area contributed by atoms with Crippen molar-refractivity contribution in [2.45, 2.75) is 13.0 Å². The molecule has 0 aromatic heterocycles. The fourth-order valence-electron chi connectivity index (χ4n) is 0.607. The molecule has 2 amide bonds. The quantitative estimate of drug-likeness (QED) is 0.521. The van der Waals surface area contributed by atoms with Crippen LogP contribution in [0.5, 0.6) is 0 Å². The number of amides is 2. The number of ether oxygens (including phenoxy) is 1. The zero-order chi connectivity index (χ0) is 10.3. The molecule has 76 valence electrons. The number of hydrogen-bond acceptors (Lipinski definition) is 4. The molecule has 0 rings (SSSR count). The third kappa shape index (κ3) is 7.07. The van der Waals surface area contributed by atoms with Crippen LogP contribution in [0, 0.1) is 0 Å². The van der Waals surface area contributed by atoms with E-state index in [0.29, 0.717) is 0 Å². The lowest BCUT2D eigenvalue weighted by molar-refractivity contribution is -0.119. The zero-order valence-electron chi connectivity index (χ0n) is 7.66. The Morgan fingerprint density at radius 3 is 2.38 bits per heavy atom. The molecule has 1 atom stereocenters. The predicted molar refractivity (Wildman–Crippen MR) is 45.1 cm³/mol. The summed E-state index contributed by atoms with van der Waals surface area (Å²) in [5.41, 5.74) is 0. The fourth-order valence-corrected chi connectivity index (χ4v) is 0.607. The molecular formula is C7H14N2O4. The number of carbonyl (C=O) groups excluding carboxylic acids is 2. The second-order valence-corrected chi connectivity index (χ2v) is 2.46. The summed E-state index contributed by atoms with van der Waals surface area (Å²) in [5, 5.41) is 13.9. The van der Waals surface area contributed by atoms with E-state index in [9.17, 15) is 9.59 Å². The van der Waals surface area contributed by atoms with Gasteiger partial charge in [0.1, 0.15) is 0 Å². The minimum absolute atomic E-state index is 0.0486. The Bertz CT molecular complexity index is 183. The van der Waals surface area contributed by atoms with Gasteiger partial charge in [-0.05, 0) is 0 Å². The Hall–Kier alpha value is -1.30. The van der Waals surface area contributed by atoms with Gasteiger partial charge < -0.3 is 20.5 Å². The molecule has 0 radical (unpaired) electrons. The van der Waals surface area contributed by atoms with Crippen molar-refractivity contribution >= 4 is 12.0 Å². The molecule has 13 heavy (non-hydrogen) atoms. The van der Waals surface area contributed by atoms with Gasteiger partial charge in [0.25, 0.3) is 0 Å². The summed E-state index contributed by atoms with van der Waals surface area (Å²) in [6.07, 6.45) is -1.41. The van der Waals surface area contributed by atoms with Crippen LogP contribution in [0.25, 0.3) is 0 Å². The number of rotatable bonds is 4. The molecule has 0 fully saturated rings. The summed E-state index contributed by atoms with van der Waals surface area (Å²) in [4.78, 5) is 20.9. The summed E-state index contributed by atoms with van der Waals surface area (Å²) in [5.74, 6) is -0.225. The van der Waals surface area contributed by atoms with E-state index in [1.54, 1.807) is 0 Å². The monoisotopic (exact) mass is 190 g/mol. The maximum absolute atomic E-state index is 10.5. The van der Waals surface area contributed by atoms with Crippen LogP contribution in [0.15, 0.2) is 0 Å². The van der Waals surface area contributed by atoms with Crippen LogP contribution in [0.1, 0.15) is 6.92 Å². The van der Waals surface area contributed by atoms with Gasteiger partial charge in [-0.25, -0.2) is 4.79 Å². The molecule has 0 aliphatic rings. The van der Waals surface area contributed by atoms with Crippen molar-refractivity contribution in [2.24, 2.45) is 0 Å². The second-order valence-electron chi connectivity index (χ2n) is 2.46. The molecule has 3 N–H and O–H groups in total. The number of methoxy groups -OCH3 is 1. The minimum atomic E-state index is -0.803. The summed E-state index contributed by atoms with van der Waals surface area (Å²) < 4.78 is 4.28. The van der Waals surface area contributed by atoms with E-state index in [2.05, 4.69) is 15.4 Å². The van der Waals surface area contributed by atoms with Crippen molar-refractivity contribution in [1.29, 1.82) is 0 Å². The van der Waals surface area contributed by atoms with Crippen LogP contribution in [0.3, 0.4) is 0 Å². The van der Waals surface area contributed by atoms with Gasteiger partial charge in [-0.15, -0.1) is 0 Å². The van der Waals surface area contributed by atoms with E-state index in [1.165, 1.54) is 14.0 Å². The second kappa shape index (κ2) is 6.24. The molecule has 0 saturated heterocycles. The largest absolute Gasteiger partial charge is 0.453 e. The molecule has 0 aliphatic heterocycles. The first kappa shape index (κ1) is 11.7. The van der Waals surface area contributed by atoms with E-state index in [1.807, 2.05) is 0 Å². The fraction of sp³-hybridized carbons (Fsp3) is 0.714. The molecule has 1 unspecified atom stereocenters. The van der Waals surface area contributed by atoms with Crippen molar-refractivity contribution in [2.75, 3.05) is 20.2 Å². The molecule has 0 aromatic rings. The van der Waals surface area contributed by atoms with Crippen LogP contribution in [-0.2, 0) is 9.53 Å². The van der Waals surface area contributed by atoms with Crippen molar-refractivity contribution in [3.05, 3.63) is 0 Å². The number of nitrogens with one attached hydrogen (secondary N) is 2. The number of hydrogen-bond donors (Lipinski definition) is 3. The summed E-state index contributed by atoms with van der Waals surface area (Å²) in [6.45, 7) is 1.51. The van der Waals surface area contributed by atoms with Crippen molar-refractivity contribution < 1.29 is 19.4 Å².